The quantitative estimate of drug-likeness (QED) is 0.723. The van der Waals surface area contributed by atoms with Gasteiger partial charge in [0.05, 0.1) is 16.8 Å². The maximum atomic E-state index is 11.8. The molecule has 0 fully saturated rings. The van der Waals surface area contributed by atoms with Gasteiger partial charge in [0.25, 0.3) is 5.56 Å². The van der Waals surface area contributed by atoms with Crippen molar-refractivity contribution in [2.45, 2.75) is 10.6 Å². The van der Waals surface area contributed by atoms with Gasteiger partial charge in [-0.15, -0.1) is 23.1 Å². The molecule has 0 aliphatic rings. The smallest absolute Gasteiger partial charge is 0.335 e. The van der Waals surface area contributed by atoms with E-state index >= 15 is 0 Å². The number of aromatic amines is 1. The fraction of sp³-hybridized carbons (Fsp3) is 0.0714. The Kier molecular flexibility index (Phi) is 3.76. The molecule has 106 valence electrons. The summed E-state index contributed by atoms with van der Waals surface area (Å²) in [6.07, 6.45) is 0. The van der Waals surface area contributed by atoms with Crippen LogP contribution in [0.25, 0.3) is 10.2 Å². The molecule has 2 heterocycles. The number of thiophene rings is 1. The number of hydrogen-bond donors (Lipinski definition) is 2. The summed E-state index contributed by atoms with van der Waals surface area (Å²) in [5.74, 6) is 0.102. The highest BCUT2D eigenvalue weighted by Gasteiger charge is 2.07. The Bertz CT molecular complexity index is 870. The largest absolute Gasteiger partial charge is 0.478 e. The zero-order valence-electron chi connectivity index (χ0n) is 10.7. The molecule has 3 aromatic rings. The first-order valence-electron chi connectivity index (χ1n) is 6.06. The van der Waals surface area contributed by atoms with Gasteiger partial charge in [0.2, 0.25) is 0 Å². The van der Waals surface area contributed by atoms with Gasteiger partial charge in [0, 0.05) is 4.90 Å². The molecule has 1 aromatic carbocycles. The van der Waals surface area contributed by atoms with E-state index in [1.165, 1.54) is 23.1 Å². The van der Waals surface area contributed by atoms with Crippen molar-refractivity contribution in [2.24, 2.45) is 0 Å². The summed E-state index contributed by atoms with van der Waals surface area (Å²) in [7, 11) is 0. The minimum absolute atomic E-state index is 0.134. The van der Waals surface area contributed by atoms with Gasteiger partial charge >= 0.3 is 5.97 Å². The number of rotatable bonds is 4. The van der Waals surface area contributed by atoms with Crippen LogP contribution in [0, 0.1) is 0 Å². The van der Waals surface area contributed by atoms with Crippen LogP contribution in [0.4, 0.5) is 0 Å². The van der Waals surface area contributed by atoms with E-state index in [2.05, 4.69) is 9.97 Å². The Balaban J connectivity index is 1.81. The number of thioether (sulfide) groups is 1. The van der Waals surface area contributed by atoms with Crippen molar-refractivity contribution < 1.29 is 9.90 Å². The average molecular weight is 318 g/mol. The highest BCUT2D eigenvalue weighted by Crippen LogP contribution is 2.23. The van der Waals surface area contributed by atoms with E-state index in [9.17, 15) is 9.59 Å². The number of carboxylic acids is 1. The Hall–Kier alpha value is -2.12. The van der Waals surface area contributed by atoms with Crippen LogP contribution in [0.5, 0.6) is 0 Å². The second-order valence-electron chi connectivity index (χ2n) is 4.27. The van der Waals surface area contributed by atoms with Gasteiger partial charge in [-0.25, -0.2) is 9.78 Å². The first-order valence-corrected chi connectivity index (χ1v) is 7.92. The monoisotopic (exact) mass is 318 g/mol. The van der Waals surface area contributed by atoms with E-state index in [0.717, 1.165) is 4.90 Å². The van der Waals surface area contributed by atoms with Gasteiger partial charge in [0.1, 0.15) is 10.5 Å². The standard InChI is InChI=1S/C14H10N2O3S2/c17-13-12-10(4-5-20-12)15-11(16-13)7-21-9-3-1-2-8(6-9)14(18)19/h1-6H,7H2,(H,18,19)(H,15,16,17). The molecule has 2 aromatic heterocycles. The van der Waals surface area contributed by atoms with Crippen molar-refractivity contribution >= 4 is 39.3 Å². The van der Waals surface area contributed by atoms with Crippen molar-refractivity contribution in [3.8, 4) is 0 Å². The predicted molar refractivity (Wildman–Crippen MR) is 83.2 cm³/mol. The molecule has 0 unspecified atom stereocenters. The molecule has 0 radical (unpaired) electrons. The van der Waals surface area contributed by atoms with Crippen LogP contribution in [-0.4, -0.2) is 21.0 Å². The molecule has 0 saturated heterocycles. The number of aromatic carboxylic acids is 1. The molecule has 7 heteroatoms. The Morgan fingerprint density at radius 2 is 2.24 bits per heavy atom. The third-order valence-corrected chi connectivity index (χ3v) is 4.73. The van der Waals surface area contributed by atoms with E-state index in [4.69, 9.17) is 5.11 Å². The molecule has 21 heavy (non-hydrogen) atoms. The number of benzene rings is 1. The van der Waals surface area contributed by atoms with E-state index in [-0.39, 0.29) is 11.1 Å². The van der Waals surface area contributed by atoms with E-state index in [0.29, 0.717) is 21.8 Å². The fourth-order valence-electron chi connectivity index (χ4n) is 1.86. The fourth-order valence-corrected chi connectivity index (χ4v) is 3.41. The molecular weight excluding hydrogens is 308 g/mol. The predicted octanol–water partition coefficient (Wildman–Crippen LogP) is 2.98. The second kappa shape index (κ2) is 5.71. The number of carbonyl (C=O) groups is 1. The number of carboxylic acid groups (broad SMARTS) is 1. The Labute approximate surface area is 127 Å². The molecule has 0 atom stereocenters. The van der Waals surface area contributed by atoms with Gasteiger partial charge in [-0.1, -0.05) is 6.07 Å². The number of nitrogens with zero attached hydrogens (tertiary/aromatic N) is 1. The van der Waals surface area contributed by atoms with Crippen LogP contribution in [0.15, 0.2) is 45.4 Å². The third-order valence-electron chi connectivity index (χ3n) is 2.82. The molecule has 3 rings (SSSR count). The van der Waals surface area contributed by atoms with Gasteiger partial charge in [-0.05, 0) is 29.6 Å². The maximum Gasteiger partial charge on any atom is 0.335 e. The summed E-state index contributed by atoms with van der Waals surface area (Å²) in [6, 6.07) is 8.50. The highest BCUT2D eigenvalue weighted by molar-refractivity contribution is 7.98. The summed E-state index contributed by atoms with van der Waals surface area (Å²) in [4.78, 5) is 30.7. The number of nitrogens with one attached hydrogen (secondary N) is 1. The van der Waals surface area contributed by atoms with Crippen molar-refractivity contribution in [3.63, 3.8) is 0 Å². The Morgan fingerprint density at radius 1 is 1.38 bits per heavy atom. The van der Waals surface area contributed by atoms with Gasteiger partial charge in [-0.3, -0.25) is 4.79 Å². The summed E-state index contributed by atoms with van der Waals surface area (Å²) >= 11 is 2.80. The van der Waals surface area contributed by atoms with Crippen LogP contribution in [0.3, 0.4) is 0 Å². The van der Waals surface area contributed by atoms with Crippen molar-refractivity contribution in [1.29, 1.82) is 0 Å². The molecule has 0 spiro atoms. The van der Waals surface area contributed by atoms with Gasteiger partial charge < -0.3 is 10.1 Å². The lowest BCUT2D eigenvalue weighted by Gasteiger charge is -2.03. The lowest BCUT2D eigenvalue weighted by molar-refractivity contribution is 0.0696. The summed E-state index contributed by atoms with van der Waals surface area (Å²) in [6.45, 7) is 0. The van der Waals surface area contributed by atoms with Crippen molar-refractivity contribution in [1.82, 2.24) is 9.97 Å². The normalized spacial score (nSPS) is 10.9. The number of fused-ring (bicyclic) bond motifs is 1. The molecule has 0 aliphatic heterocycles. The van der Waals surface area contributed by atoms with Gasteiger partial charge in [-0.2, -0.15) is 0 Å². The zero-order chi connectivity index (χ0) is 14.8. The SMILES string of the molecule is O=C(O)c1cccc(SCc2nc3ccsc3c(=O)[nH]2)c1. The summed E-state index contributed by atoms with van der Waals surface area (Å²) in [5.41, 5.74) is 0.804. The van der Waals surface area contributed by atoms with Crippen LogP contribution < -0.4 is 5.56 Å². The van der Waals surface area contributed by atoms with Crippen molar-refractivity contribution in [2.75, 3.05) is 0 Å². The van der Waals surface area contributed by atoms with E-state index in [1.807, 2.05) is 17.5 Å². The highest BCUT2D eigenvalue weighted by atomic mass is 32.2. The van der Waals surface area contributed by atoms with Crippen LogP contribution in [0.1, 0.15) is 16.2 Å². The molecule has 0 saturated carbocycles. The lowest BCUT2D eigenvalue weighted by atomic mass is 10.2. The number of hydrogen-bond acceptors (Lipinski definition) is 5. The zero-order valence-corrected chi connectivity index (χ0v) is 12.3. The first-order chi connectivity index (χ1) is 10.1. The first kappa shape index (κ1) is 13.8. The molecule has 2 N–H and O–H groups in total. The second-order valence-corrected chi connectivity index (χ2v) is 6.23. The lowest BCUT2D eigenvalue weighted by Crippen LogP contribution is -2.09. The Morgan fingerprint density at radius 3 is 3.05 bits per heavy atom. The minimum Gasteiger partial charge on any atom is -0.478 e. The number of H-pyrrole nitrogens is 1. The van der Waals surface area contributed by atoms with Crippen LogP contribution >= 0.6 is 23.1 Å². The maximum absolute atomic E-state index is 11.8. The molecular formula is C14H10N2O3S2. The minimum atomic E-state index is -0.955. The molecule has 0 bridgehead atoms. The van der Waals surface area contributed by atoms with Crippen molar-refractivity contribution in [3.05, 3.63) is 57.5 Å². The summed E-state index contributed by atoms with van der Waals surface area (Å²) < 4.78 is 0.622. The third kappa shape index (κ3) is 2.98. The number of aromatic nitrogens is 2. The van der Waals surface area contributed by atoms with E-state index in [1.54, 1.807) is 18.2 Å². The molecule has 0 amide bonds. The average Bonchev–Trinajstić information content (AvgIpc) is 2.94. The summed E-state index contributed by atoms with van der Waals surface area (Å²) in [5, 5.41) is 10.8. The topological polar surface area (TPSA) is 83.0 Å². The molecule has 5 nitrogen and oxygen atoms in total. The van der Waals surface area contributed by atoms with Crippen LogP contribution in [-0.2, 0) is 5.75 Å². The van der Waals surface area contributed by atoms with Gasteiger partial charge in [0.15, 0.2) is 0 Å². The van der Waals surface area contributed by atoms with E-state index < -0.39 is 5.97 Å². The molecule has 0 aliphatic carbocycles. The van der Waals surface area contributed by atoms with Crippen LogP contribution in [0.2, 0.25) is 0 Å².